The smallest absolute Gasteiger partial charge is 0.128 e. The Morgan fingerprint density at radius 1 is 1.56 bits per heavy atom. The predicted molar refractivity (Wildman–Crippen MR) is 63.6 cm³/mol. The zero-order chi connectivity index (χ0) is 11.5. The maximum Gasteiger partial charge on any atom is 0.128 e. The summed E-state index contributed by atoms with van der Waals surface area (Å²) < 4.78 is 19.8. The molecule has 0 bridgehead atoms. The van der Waals surface area contributed by atoms with Gasteiger partial charge in [0, 0.05) is 22.6 Å². The quantitative estimate of drug-likeness (QED) is 0.869. The molecular weight excluding hydrogens is 275 g/mol. The number of nitrogens with two attached hydrogens (primary N) is 1. The lowest BCUT2D eigenvalue weighted by Crippen LogP contribution is -2.47. The van der Waals surface area contributed by atoms with Gasteiger partial charge in [-0.15, -0.1) is 0 Å². The Balaban J connectivity index is 2.18. The lowest BCUT2D eigenvalue weighted by molar-refractivity contribution is 0.0681. The van der Waals surface area contributed by atoms with Gasteiger partial charge in [-0.3, -0.25) is 0 Å². The minimum Gasteiger partial charge on any atom is -0.378 e. The van der Waals surface area contributed by atoms with Crippen LogP contribution in [0.2, 0.25) is 0 Å². The van der Waals surface area contributed by atoms with Crippen LogP contribution in [0.4, 0.5) is 4.39 Å². The number of hydrogen-bond donors (Lipinski definition) is 2. The van der Waals surface area contributed by atoms with Gasteiger partial charge in [-0.05, 0) is 18.2 Å². The summed E-state index contributed by atoms with van der Waals surface area (Å²) in [7, 11) is 0. The largest absolute Gasteiger partial charge is 0.378 e. The number of nitrogens with one attached hydrogen (secondary N) is 1. The number of morpholine rings is 1. The third-order valence-corrected chi connectivity index (χ3v) is 3.19. The molecule has 0 radical (unpaired) electrons. The van der Waals surface area contributed by atoms with Gasteiger partial charge in [0.2, 0.25) is 0 Å². The van der Waals surface area contributed by atoms with Gasteiger partial charge < -0.3 is 15.8 Å². The van der Waals surface area contributed by atoms with Gasteiger partial charge in [0.05, 0.1) is 19.3 Å². The Bertz CT molecular complexity index is 369. The zero-order valence-corrected chi connectivity index (χ0v) is 10.3. The summed E-state index contributed by atoms with van der Waals surface area (Å²) in [5.74, 6) is -0.275. The van der Waals surface area contributed by atoms with Gasteiger partial charge in [-0.25, -0.2) is 4.39 Å². The highest BCUT2D eigenvalue weighted by atomic mass is 79.9. The molecule has 1 heterocycles. The molecule has 2 unspecified atom stereocenters. The molecule has 5 heteroatoms. The van der Waals surface area contributed by atoms with E-state index in [0.717, 1.165) is 11.0 Å². The summed E-state index contributed by atoms with van der Waals surface area (Å²) in [5, 5.41) is 3.23. The first-order valence-corrected chi connectivity index (χ1v) is 5.99. The predicted octanol–water partition coefficient (Wildman–Crippen LogP) is 1.58. The van der Waals surface area contributed by atoms with Crippen molar-refractivity contribution in [3.05, 3.63) is 34.1 Å². The minimum atomic E-state index is -0.391. The zero-order valence-electron chi connectivity index (χ0n) is 8.75. The van der Waals surface area contributed by atoms with Crippen molar-refractivity contribution in [3.63, 3.8) is 0 Å². The number of rotatable bonds is 2. The van der Waals surface area contributed by atoms with Crippen molar-refractivity contribution in [1.82, 2.24) is 5.32 Å². The fourth-order valence-electron chi connectivity index (χ4n) is 1.80. The molecule has 2 atom stereocenters. The van der Waals surface area contributed by atoms with E-state index < -0.39 is 6.04 Å². The summed E-state index contributed by atoms with van der Waals surface area (Å²) in [4.78, 5) is 0. The molecule has 88 valence electrons. The average Bonchev–Trinajstić information content (AvgIpc) is 2.32. The molecule has 3 nitrogen and oxygen atoms in total. The van der Waals surface area contributed by atoms with Crippen LogP contribution in [0.25, 0.3) is 0 Å². The van der Waals surface area contributed by atoms with E-state index in [4.69, 9.17) is 10.5 Å². The van der Waals surface area contributed by atoms with Crippen molar-refractivity contribution < 1.29 is 9.13 Å². The standard InChI is InChI=1S/C11H14BrFN2O/c12-7-1-2-9(13)8(5-7)11(14)10-6-16-4-3-15-10/h1-2,5,10-11,15H,3-4,6,14H2. The van der Waals surface area contributed by atoms with Gasteiger partial charge in [-0.2, -0.15) is 0 Å². The van der Waals surface area contributed by atoms with Crippen molar-refractivity contribution >= 4 is 15.9 Å². The first-order valence-electron chi connectivity index (χ1n) is 5.20. The van der Waals surface area contributed by atoms with E-state index in [9.17, 15) is 4.39 Å². The van der Waals surface area contributed by atoms with E-state index in [0.29, 0.717) is 18.8 Å². The fraction of sp³-hybridized carbons (Fsp3) is 0.455. The maximum absolute atomic E-state index is 13.6. The van der Waals surface area contributed by atoms with E-state index in [1.165, 1.54) is 6.07 Å². The fourth-order valence-corrected chi connectivity index (χ4v) is 2.18. The van der Waals surface area contributed by atoms with Crippen LogP contribution >= 0.6 is 15.9 Å². The summed E-state index contributed by atoms with van der Waals surface area (Å²) in [6, 6.07) is 4.38. The molecular formula is C11H14BrFN2O. The average molecular weight is 289 g/mol. The summed E-state index contributed by atoms with van der Waals surface area (Å²) >= 11 is 3.31. The highest BCUT2D eigenvalue weighted by Crippen LogP contribution is 2.23. The summed E-state index contributed by atoms with van der Waals surface area (Å²) in [6.45, 7) is 1.96. The highest BCUT2D eigenvalue weighted by molar-refractivity contribution is 9.10. The lowest BCUT2D eigenvalue weighted by atomic mass is 9.99. The van der Waals surface area contributed by atoms with Crippen LogP contribution in [-0.4, -0.2) is 25.8 Å². The number of ether oxygens (including phenoxy) is 1. The van der Waals surface area contributed by atoms with Crippen molar-refractivity contribution in [2.24, 2.45) is 5.73 Å². The molecule has 1 aliphatic rings. The van der Waals surface area contributed by atoms with Crippen LogP contribution in [0.15, 0.2) is 22.7 Å². The van der Waals surface area contributed by atoms with Crippen LogP contribution in [0.5, 0.6) is 0 Å². The SMILES string of the molecule is NC(c1cc(Br)ccc1F)C1COCCN1. The Kier molecular flexibility index (Phi) is 3.91. The molecule has 1 saturated heterocycles. The topological polar surface area (TPSA) is 47.3 Å². The van der Waals surface area contributed by atoms with Crippen LogP contribution in [0.1, 0.15) is 11.6 Å². The maximum atomic E-state index is 13.6. The van der Waals surface area contributed by atoms with E-state index in [1.807, 2.05) is 0 Å². The Morgan fingerprint density at radius 3 is 3.06 bits per heavy atom. The second kappa shape index (κ2) is 5.23. The number of benzene rings is 1. The van der Waals surface area contributed by atoms with Crippen molar-refractivity contribution in [2.75, 3.05) is 19.8 Å². The van der Waals surface area contributed by atoms with Gasteiger partial charge in [-0.1, -0.05) is 15.9 Å². The summed E-state index contributed by atoms with van der Waals surface area (Å²) in [6.07, 6.45) is 0. The molecule has 0 aromatic heterocycles. The van der Waals surface area contributed by atoms with Crippen LogP contribution in [0.3, 0.4) is 0 Å². The molecule has 1 aromatic rings. The van der Waals surface area contributed by atoms with Crippen LogP contribution in [-0.2, 0) is 4.74 Å². The van der Waals surface area contributed by atoms with Crippen molar-refractivity contribution in [2.45, 2.75) is 12.1 Å². The second-order valence-corrected chi connectivity index (χ2v) is 4.74. The number of hydrogen-bond acceptors (Lipinski definition) is 3. The molecule has 2 rings (SSSR count). The third-order valence-electron chi connectivity index (χ3n) is 2.70. The first kappa shape index (κ1) is 12.0. The molecule has 0 aliphatic carbocycles. The van der Waals surface area contributed by atoms with Gasteiger partial charge in [0.25, 0.3) is 0 Å². The Hall–Kier alpha value is -0.490. The molecule has 1 aliphatic heterocycles. The monoisotopic (exact) mass is 288 g/mol. The number of halogens is 2. The highest BCUT2D eigenvalue weighted by Gasteiger charge is 2.24. The van der Waals surface area contributed by atoms with Gasteiger partial charge in [0.1, 0.15) is 5.82 Å². The Morgan fingerprint density at radius 2 is 2.38 bits per heavy atom. The molecule has 0 spiro atoms. The molecule has 16 heavy (non-hydrogen) atoms. The van der Waals surface area contributed by atoms with E-state index in [2.05, 4.69) is 21.2 Å². The molecule has 3 N–H and O–H groups in total. The molecule has 1 aromatic carbocycles. The van der Waals surface area contributed by atoms with Gasteiger partial charge in [0.15, 0.2) is 0 Å². The molecule has 1 fully saturated rings. The molecule has 0 amide bonds. The molecule has 0 saturated carbocycles. The van der Waals surface area contributed by atoms with E-state index >= 15 is 0 Å². The van der Waals surface area contributed by atoms with Crippen molar-refractivity contribution in [3.8, 4) is 0 Å². The second-order valence-electron chi connectivity index (χ2n) is 3.83. The van der Waals surface area contributed by atoms with Crippen molar-refractivity contribution in [1.29, 1.82) is 0 Å². The lowest BCUT2D eigenvalue weighted by Gasteiger charge is -2.29. The first-order chi connectivity index (χ1) is 7.68. The van der Waals surface area contributed by atoms with Crippen LogP contribution < -0.4 is 11.1 Å². The Labute approximate surface area is 102 Å². The van der Waals surface area contributed by atoms with Gasteiger partial charge >= 0.3 is 0 Å². The summed E-state index contributed by atoms with van der Waals surface area (Å²) in [5.41, 5.74) is 6.55. The van der Waals surface area contributed by atoms with Crippen LogP contribution in [0, 0.1) is 5.82 Å². The van der Waals surface area contributed by atoms with E-state index in [1.54, 1.807) is 12.1 Å². The third kappa shape index (κ3) is 2.60. The minimum absolute atomic E-state index is 0.0300. The van der Waals surface area contributed by atoms with E-state index in [-0.39, 0.29) is 11.9 Å². The normalized spacial score (nSPS) is 23.1.